The SMILES string of the molecule is CCCCCCCCOc1ccc(C2CN(CCC(=O)O)C(C)(C)CO2)cc1.Cl. The summed E-state index contributed by atoms with van der Waals surface area (Å²) >= 11 is 0. The van der Waals surface area contributed by atoms with Crippen LogP contribution in [0.4, 0.5) is 0 Å². The average Bonchev–Trinajstić information content (AvgIpc) is 2.67. The summed E-state index contributed by atoms with van der Waals surface area (Å²) in [5, 5.41) is 9.00. The van der Waals surface area contributed by atoms with Gasteiger partial charge in [0.05, 0.1) is 25.7 Å². The number of nitrogens with zero attached hydrogens (tertiary/aromatic N) is 1. The van der Waals surface area contributed by atoms with Gasteiger partial charge in [0.1, 0.15) is 5.75 Å². The Hall–Kier alpha value is -1.30. The fraction of sp³-hybridized carbons (Fsp3) is 0.696. The van der Waals surface area contributed by atoms with E-state index in [2.05, 4.69) is 37.8 Å². The van der Waals surface area contributed by atoms with Crippen molar-refractivity contribution in [2.45, 2.75) is 77.4 Å². The Morgan fingerprint density at radius 3 is 2.48 bits per heavy atom. The molecule has 0 saturated carbocycles. The van der Waals surface area contributed by atoms with Gasteiger partial charge < -0.3 is 14.6 Å². The Balaban J connectivity index is 0.00000420. The number of morpholine rings is 1. The number of hydrogen-bond donors (Lipinski definition) is 1. The Morgan fingerprint density at radius 2 is 1.83 bits per heavy atom. The minimum absolute atomic E-state index is 0. The van der Waals surface area contributed by atoms with E-state index in [9.17, 15) is 4.79 Å². The number of halogens is 1. The van der Waals surface area contributed by atoms with E-state index < -0.39 is 5.97 Å². The average molecular weight is 428 g/mol. The summed E-state index contributed by atoms with van der Waals surface area (Å²) in [7, 11) is 0. The minimum Gasteiger partial charge on any atom is -0.494 e. The summed E-state index contributed by atoms with van der Waals surface area (Å²) in [4.78, 5) is 13.2. The third kappa shape index (κ3) is 8.93. The highest BCUT2D eigenvalue weighted by Crippen LogP contribution is 2.31. The van der Waals surface area contributed by atoms with E-state index in [4.69, 9.17) is 14.6 Å². The molecule has 166 valence electrons. The van der Waals surface area contributed by atoms with Gasteiger partial charge in [-0.05, 0) is 38.0 Å². The van der Waals surface area contributed by atoms with Crippen LogP contribution in [-0.2, 0) is 9.53 Å². The molecule has 0 bridgehead atoms. The van der Waals surface area contributed by atoms with Crippen LogP contribution in [0.5, 0.6) is 5.75 Å². The molecule has 1 unspecified atom stereocenters. The van der Waals surface area contributed by atoms with Crippen LogP contribution in [0, 0.1) is 0 Å². The lowest BCUT2D eigenvalue weighted by Gasteiger charge is -2.45. The summed E-state index contributed by atoms with van der Waals surface area (Å²) in [6.45, 7) is 9.05. The summed E-state index contributed by atoms with van der Waals surface area (Å²) in [5.41, 5.74) is 0.967. The van der Waals surface area contributed by atoms with Gasteiger partial charge in [0, 0.05) is 18.6 Å². The second-order valence-corrected chi connectivity index (χ2v) is 8.39. The summed E-state index contributed by atoms with van der Waals surface area (Å²) < 4.78 is 11.9. The highest BCUT2D eigenvalue weighted by Gasteiger charge is 2.35. The third-order valence-corrected chi connectivity index (χ3v) is 5.49. The van der Waals surface area contributed by atoms with E-state index in [-0.39, 0.29) is 30.5 Å². The highest BCUT2D eigenvalue weighted by atomic mass is 35.5. The smallest absolute Gasteiger partial charge is 0.304 e. The molecule has 0 spiro atoms. The first-order valence-corrected chi connectivity index (χ1v) is 10.7. The molecule has 2 rings (SSSR count). The lowest BCUT2D eigenvalue weighted by atomic mass is 9.98. The van der Waals surface area contributed by atoms with E-state index in [1.807, 2.05) is 12.1 Å². The number of carbonyl (C=O) groups is 1. The number of rotatable bonds is 12. The number of aliphatic carboxylic acids is 1. The zero-order valence-electron chi connectivity index (χ0n) is 18.2. The number of hydrogen-bond acceptors (Lipinski definition) is 4. The second kappa shape index (κ2) is 13.1. The van der Waals surface area contributed by atoms with Gasteiger partial charge in [0.25, 0.3) is 0 Å². The van der Waals surface area contributed by atoms with E-state index >= 15 is 0 Å². The second-order valence-electron chi connectivity index (χ2n) is 8.39. The Labute approximate surface area is 182 Å². The van der Waals surface area contributed by atoms with Crippen LogP contribution in [0.25, 0.3) is 0 Å². The van der Waals surface area contributed by atoms with Crippen LogP contribution in [0.1, 0.15) is 77.4 Å². The molecule has 6 heteroatoms. The first-order valence-electron chi connectivity index (χ1n) is 10.7. The molecule has 1 N–H and O–H groups in total. The highest BCUT2D eigenvalue weighted by molar-refractivity contribution is 5.85. The monoisotopic (exact) mass is 427 g/mol. The Bertz CT molecular complexity index is 591. The van der Waals surface area contributed by atoms with Gasteiger partial charge in [-0.25, -0.2) is 0 Å². The lowest BCUT2D eigenvalue weighted by Crippen LogP contribution is -2.54. The molecule has 1 saturated heterocycles. The molecule has 1 atom stereocenters. The molecule has 1 heterocycles. The fourth-order valence-electron chi connectivity index (χ4n) is 3.57. The molecule has 1 fully saturated rings. The molecular weight excluding hydrogens is 390 g/mol. The van der Waals surface area contributed by atoms with Crippen molar-refractivity contribution in [3.8, 4) is 5.75 Å². The normalized spacial score (nSPS) is 18.8. The molecule has 0 amide bonds. The van der Waals surface area contributed by atoms with Crippen molar-refractivity contribution >= 4 is 18.4 Å². The number of carboxylic acids is 1. The van der Waals surface area contributed by atoms with E-state index in [0.29, 0.717) is 19.7 Å². The molecule has 29 heavy (non-hydrogen) atoms. The van der Waals surface area contributed by atoms with Crippen LogP contribution < -0.4 is 4.74 Å². The predicted molar refractivity (Wildman–Crippen MR) is 119 cm³/mol. The van der Waals surface area contributed by atoms with Crippen LogP contribution in [0.3, 0.4) is 0 Å². The summed E-state index contributed by atoms with van der Waals surface area (Å²) in [5.74, 6) is 0.141. The molecule has 1 aliphatic rings. The molecule has 0 aliphatic carbocycles. The van der Waals surface area contributed by atoms with Gasteiger partial charge >= 0.3 is 5.97 Å². The first-order chi connectivity index (χ1) is 13.4. The Kier molecular flexibility index (Phi) is 11.6. The van der Waals surface area contributed by atoms with Crippen molar-refractivity contribution in [2.75, 3.05) is 26.3 Å². The maximum absolute atomic E-state index is 10.9. The summed E-state index contributed by atoms with van der Waals surface area (Å²) in [6.07, 6.45) is 7.69. The van der Waals surface area contributed by atoms with Crippen LogP contribution >= 0.6 is 12.4 Å². The van der Waals surface area contributed by atoms with Gasteiger partial charge in [-0.3, -0.25) is 9.69 Å². The molecule has 0 radical (unpaired) electrons. The minimum atomic E-state index is -0.759. The molecule has 1 aromatic carbocycles. The maximum Gasteiger partial charge on any atom is 0.304 e. The van der Waals surface area contributed by atoms with Gasteiger partial charge in [-0.1, -0.05) is 51.2 Å². The topological polar surface area (TPSA) is 59.0 Å². The quantitative estimate of drug-likeness (QED) is 0.448. The standard InChI is InChI=1S/C23H37NO4.ClH/c1-4-5-6-7-8-9-16-27-20-12-10-19(11-13-20)21-17-24(15-14-22(25)26)23(2,3)18-28-21;/h10-13,21H,4-9,14-18H2,1-3H3,(H,25,26);1H. The van der Waals surface area contributed by atoms with E-state index in [1.54, 1.807) is 0 Å². The fourth-order valence-corrected chi connectivity index (χ4v) is 3.57. The van der Waals surface area contributed by atoms with Crippen molar-refractivity contribution in [1.29, 1.82) is 0 Å². The molecule has 1 aromatic rings. The molecule has 5 nitrogen and oxygen atoms in total. The third-order valence-electron chi connectivity index (χ3n) is 5.49. The van der Waals surface area contributed by atoms with Crippen molar-refractivity contribution in [3.63, 3.8) is 0 Å². The van der Waals surface area contributed by atoms with Crippen molar-refractivity contribution < 1.29 is 19.4 Å². The van der Waals surface area contributed by atoms with Gasteiger partial charge in [0.2, 0.25) is 0 Å². The zero-order valence-corrected chi connectivity index (χ0v) is 19.0. The predicted octanol–water partition coefficient (Wildman–Crippen LogP) is 5.47. The maximum atomic E-state index is 10.9. The van der Waals surface area contributed by atoms with Gasteiger partial charge in [0.15, 0.2) is 0 Å². The number of ether oxygens (including phenoxy) is 2. The summed E-state index contributed by atoms with van der Waals surface area (Å²) in [6, 6.07) is 8.15. The van der Waals surface area contributed by atoms with Crippen LogP contribution in [0.2, 0.25) is 0 Å². The molecule has 1 aliphatic heterocycles. The molecule has 0 aromatic heterocycles. The van der Waals surface area contributed by atoms with Crippen LogP contribution in [0.15, 0.2) is 24.3 Å². The van der Waals surface area contributed by atoms with Crippen LogP contribution in [-0.4, -0.2) is 47.8 Å². The Morgan fingerprint density at radius 1 is 1.17 bits per heavy atom. The lowest BCUT2D eigenvalue weighted by molar-refractivity contribution is -0.140. The van der Waals surface area contributed by atoms with E-state index in [0.717, 1.165) is 24.3 Å². The number of benzene rings is 1. The first kappa shape index (κ1) is 25.7. The molecular formula is C23H38ClNO4. The van der Waals surface area contributed by atoms with E-state index in [1.165, 1.54) is 32.1 Å². The van der Waals surface area contributed by atoms with Gasteiger partial charge in [-0.2, -0.15) is 0 Å². The largest absolute Gasteiger partial charge is 0.494 e. The number of carboxylic acid groups (broad SMARTS) is 1. The van der Waals surface area contributed by atoms with Crippen molar-refractivity contribution in [2.24, 2.45) is 0 Å². The zero-order chi connectivity index (χ0) is 20.4. The van der Waals surface area contributed by atoms with Gasteiger partial charge in [-0.15, -0.1) is 12.4 Å². The van der Waals surface area contributed by atoms with Crippen molar-refractivity contribution in [1.82, 2.24) is 4.90 Å². The van der Waals surface area contributed by atoms with Crippen molar-refractivity contribution in [3.05, 3.63) is 29.8 Å². The number of unbranched alkanes of at least 4 members (excludes halogenated alkanes) is 5.